The van der Waals surface area contributed by atoms with Gasteiger partial charge in [0.25, 0.3) is 0 Å². The highest BCUT2D eigenvalue weighted by Crippen LogP contribution is 2.45. The van der Waals surface area contributed by atoms with Gasteiger partial charge in [0, 0.05) is 17.7 Å². The SMILES string of the molecule is CCOc1cc(Oc2ccc(C(F)(F)C(F)(F)F)cc2Cl)ccc1[N+](=O)[O-]. The number of alkyl halides is 5. The lowest BCUT2D eigenvalue weighted by Crippen LogP contribution is -2.33. The summed E-state index contributed by atoms with van der Waals surface area (Å²) in [4.78, 5) is 10.3. The molecule has 5 nitrogen and oxygen atoms in total. The molecule has 0 saturated heterocycles. The Balaban J connectivity index is 2.33. The molecule has 0 unspecified atom stereocenters. The van der Waals surface area contributed by atoms with Gasteiger partial charge in [-0.15, -0.1) is 0 Å². The molecule has 27 heavy (non-hydrogen) atoms. The first kappa shape index (κ1) is 20.7. The van der Waals surface area contributed by atoms with Crippen molar-refractivity contribution in [2.75, 3.05) is 6.61 Å². The van der Waals surface area contributed by atoms with Crippen LogP contribution in [0.25, 0.3) is 0 Å². The Morgan fingerprint density at radius 1 is 1.07 bits per heavy atom. The summed E-state index contributed by atoms with van der Waals surface area (Å²) in [6.07, 6.45) is -5.77. The molecule has 0 amide bonds. The number of rotatable bonds is 6. The summed E-state index contributed by atoms with van der Waals surface area (Å²) in [6, 6.07) is 5.30. The van der Waals surface area contributed by atoms with Crippen molar-refractivity contribution in [3.8, 4) is 17.2 Å². The highest BCUT2D eigenvalue weighted by atomic mass is 35.5. The Kier molecular flexibility index (Phi) is 5.79. The molecule has 2 aromatic rings. The number of ether oxygens (including phenoxy) is 2. The minimum atomic E-state index is -5.77. The molecule has 0 spiro atoms. The molecule has 0 bridgehead atoms. The molecule has 0 radical (unpaired) electrons. The fourth-order valence-corrected chi connectivity index (χ4v) is 2.27. The Labute approximate surface area is 154 Å². The molecule has 0 atom stereocenters. The maximum Gasteiger partial charge on any atom is 0.458 e. The Morgan fingerprint density at radius 2 is 1.74 bits per heavy atom. The average molecular weight is 412 g/mol. The van der Waals surface area contributed by atoms with Gasteiger partial charge in [-0.05, 0) is 31.2 Å². The van der Waals surface area contributed by atoms with Crippen molar-refractivity contribution in [1.29, 1.82) is 0 Å². The third-order valence-corrected chi connectivity index (χ3v) is 3.60. The molecule has 2 rings (SSSR count). The molecule has 0 aliphatic carbocycles. The van der Waals surface area contributed by atoms with E-state index in [1.54, 1.807) is 6.92 Å². The van der Waals surface area contributed by atoms with E-state index in [-0.39, 0.29) is 29.5 Å². The van der Waals surface area contributed by atoms with Crippen molar-refractivity contribution in [3.05, 3.63) is 57.1 Å². The first-order valence-corrected chi connectivity index (χ1v) is 7.68. The summed E-state index contributed by atoms with van der Waals surface area (Å²) in [5.41, 5.74) is -1.67. The summed E-state index contributed by atoms with van der Waals surface area (Å²) in [5, 5.41) is 10.4. The Hall–Kier alpha value is -2.62. The number of halogens is 6. The van der Waals surface area contributed by atoms with Gasteiger partial charge in [0.05, 0.1) is 16.6 Å². The fourth-order valence-electron chi connectivity index (χ4n) is 2.05. The van der Waals surface area contributed by atoms with Crippen LogP contribution in [0.3, 0.4) is 0 Å². The molecule has 0 aliphatic rings. The van der Waals surface area contributed by atoms with E-state index in [4.69, 9.17) is 21.1 Å². The number of nitro groups is 1. The first-order chi connectivity index (χ1) is 12.5. The second kappa shape index (κ2) is 7.55. The molecular formula is C16H11ClF5NO4. The lowest BCUT2D eigenvalue weighted by Gasteiger charge is -2.20. The van der Waals surface area contributed by atoms with Crippen LogP contribution in [-0.2, 0) is 5.92 Å². The number of nitrogens with zero attached hydrogens (tertiary/aromatic N) is 1. The summed E-state index contributed by atoms with van der Waals surface area (Å²) < 4.78 is 74.4. The van der Waals surface area contributed by atoms with Crippen LogP contribution in [-0.4, -0.2) is 17.7 Å². The van der Waals surface area contributed by atoms with Gasteiger partial charge in [-0.3, -0.25) is 10.1 Å². The highest BCUT2D eigenvalue weighted by Gasteiger charge is 2.58. The van der Waals surface area contributed by atoms with Crippen molar-refractivity contribution in [3.63, 3.8) is 0 Å². The van der Waals surface area contributed by atoms with E-state index in [0.29, 0.717) is 12.1 Å². The van der Waals surface area contributed by atoms with E-state index in [1.165, 1.54) is 12.1 Å². The molecule has 0 heterocycles. The zero-order valence-corrected chi connectivity index (χ0v) is 14.3. The molecule has 0 aromatic heterocycles. The predicted octanol–water partition coefficient (Wildman–Crippen LogP) is 6.09. The smallest absolute Gasteiger partial charge is 0.458 e. The Bertz CT molecular complexity index is 857. The van der Waals surface area contributed by atoms with Crippen molar-refractivity contribution in [2.24, 2.45) is 0 Å². The summed E-state index contributed by atoms with van der Waals surface area (Å²) in [7, 11) is 0. The van der Waals surface area contributed by atoms with Crippen LogP contribution in [0.15, 0.2) is 36.4 Å². The van der Waals surface area contributed by atoms with E-state index in [2.05, 4.69) is 0 Å². The van der Waals surface area contributed by atoms with Crippen LogP contribution in [0.5, 0.6) is 17.2 Å². The minimum absolute atomic E-state index is 0.0151. The number of nitro benzene ring substituents is 1. The van der Waals surface area contributed by atoms with Gasteiger partial charge < -0.3 is 9.47 Å². The molecular weight excluding hydrogens is 401 g/mol. The normalized spacial score (nSPS) is 12.0. The van der Waals surface area contributed by atoms with Crippen molar-refractivity contribution in [1.82, 2.24) is 0 Å². The van der Waals surface area contributed by atoms with E-state index < -0.39 is 27.6 Å². The predicted molar refractivity (Wildman–Crippen MR) is 85.7 cm³/mol. The molecule has 0 aliphatic heterocycles. The van der Waals surface area contributed by atoms with E-state index in [0.717, 1.165) is 12.1 Å². The van der Waals surface area contributed by atoms with Gasteiger partial charge >= 0.3 is 17.8 Å². The van der Waals surface area contributed by atoms with Gasteiger partial charge in [-0.25, -0.2) is 0 Å². The molecule has 2 aromatic carbocycles. The molecule has 11 heteroatoms. The molecule has 146 valence electrons. The number of hydrogen-bond donors (Lipinski definition) is 0. The molecule has 0 saturated carbocycles. The van der Waals surface area contributed by atoms with Crippen molar-refractivity contribution >= 4 is 17.3 Å². The topological polar surface area (TPSA) is 61.6 Å². The third-order valence-electron chi connectivity index (χ3n) is 3.31. The van der Waals surface area contributed by atoms with Gasteiger partial charge in [-0.1, -0.05) is 11.6 Å². The molecule has 0 fully saturated rings. The monoisotopic (exact) mass is 411 g/mol. The second-order valence-electron chi connectivity index (χ2n) is 5.14. The average Bonchev–Trinajstić information content (AvgIpc) is 2.56. The van der Waals surface area contributed by atoms with Crippen LogP contribution in [0.2, 0.25) is 5.02 Å². The maximum atomic E-state index is 13.4. The first-order valence-electron chi connectivity index (χ1n) is 7.31. The summed E-state index contributed by atoms with van der Waals surface area (Å²) in [5.74, 6) is -5.38. The van der Waals surface area contributed by atoms with Crippen LogP contribution >= 0.6 is 11.6 Å². The van der Waals surface area contributed by atoms with E-state index in [9.17, 15) is 32.1 Å². The highest BCUT2D eigenvalue weighted by molar-refractivity contribution is 6.32. The van der Waals surface area contributed by atoms with E-state index >= 15 is 0 Å². The third kappa shape index (κ3) is 4.38. The second-order valence-corrected chi connectivity index (χ2v) is 5.55. The van der Waals surface area contributed by atoms with Crippen LogP contribution < -0.4 is 9.47 Å². The van der Waals surface area contributed by atoms with Gasteiger partial charge in [0.1, 0.15) is 11.5 Å². The van der Waals surface area contributed by atoms with Crippen molar-refractivity contribution in [2.45, 2.75) is 19.0 Å². The van der Waals surface area contributed by atoms with Gasteiger partial charge in [-0.2, -0.15) is 22.0 Å². The largest absolute Gasteiger partial charge is 0.487 e. The van der Waals surface area contributed by atoms with Crippen LogP contribution in [0.4, 0.5) is 27.6 Å². The zero-order valence-electron chi connectivity index (χ0n) is 13.5. The summed E-state index contributed by atoms with van der Waals surface area (Å²) in [6.45, 7) is 1.74. The van der Waals surface area contributed by atoms with E-state index in [1.807, 2.05) is 0 Å². The lowest BCUT2D eigenvalue weighted by molar-refractivity contribution is -0.385. The van der Waals surface area contributed by atoms with Crippen molar-refractivity contribution < 1.29 is 36.3 Å². The summed E-state index contributed by atoms with van der Waals surface area (Å²) >= 11 is 5.75. The van der Waals surface area contributed by atoms with Crippen LogP contribution in [0, 0.1) is 10.1 Å². The van der Waals surface area contributed by atoms with Gasteiger partial charge in [0.2, 0.25) is 5.75 Å². The van der Waals surface area contributed by atoms with Gasteiger partial charge in [0.15, 0.2) is 0 Å². The quantitative estimate of drug-likeness (QED) is 0.327. The zero-order chi connectivity index (χ0) is 20.4. The number of benzene rings is 2. The number of hydrogen-bond acceptors (Lipinski definition) is 4. The maximum absolute atomic E-state index is 13.4. The Morgan fingerprint density at radius 3 is 2.26 bits per heavy atom. The lowest BCUT2D eigenvalue weighted by atomic mass is 10.1. The van der Waals surface area contributed by atoms with Crippen LogP contribution in [0.1, 0.15) is 12.5 Å². The fraction of sp³-hybridized carbons (Fsp3) is 0.250. The molecule has 0 N–H and O–H groups in total. The standard InChI is InChI=1S/C16H11ClF5NO4/c1-2-26-14-8-10(4-5-12(14)23(24)25)27-13-6-3-9(7-11(13)17)15(18,19)16(20,21)22/h3-8H,2H2,1H3. The minimum Gasteiger partial charge on any atom is -0.487 e.